The van der Waals surface area contributed by atoms with Crippen LogP contribution in [0.2, 0.25) is 5.02 Å². The van der Waals surface area contributed by atoms with Gasteiger partial charge in [0.05, 0.1) is 9.92 Å². The number of ether oxygens (including phenoxy) is 1. The summed E-state index contributed by atoms with van der Waals surface area (Å²) in [6, 6.07) is 8.74. The molecule has 1 aromatic heterocycles. The molecule has 0 saturated heterocycles. The van der Waals surface area contributed by atoms with E-state index < -0.39 is 5.82 Å². The van der Waals surface area contributed by atoms with E-state index in [2.05, 4.69) is 26.3 Å². The average Bonchev–Trinajstić information content (AvgIpc) is 3.17. The topological polar surface area (TPSA) is 59.1 Å². The molecule has 3 aromatic rings. The number of benzene rings is 2. The highest BCUT2D eigenvalue weighted by Crippen LogP contribution is 2.37. The van der Waals surface area contributed by atoms with Crippen molar-refractivity contribution >= 4 is 40.0 Å². The predicted molar refractivity (Wildman–Crippen MR) is 103 cm³/mol. The minimum Gasteiger partial charge on any atom is -0.455 e. The number of hydrogen-bond acceptors (Lipinski definition) is 7. The number of nitrogens with one attached hydrogen (secondary N) is 2. The summed E-state index contributed by atoms with van der Waals surface area (Å²) in [5.41, 5.74) is 3.93. The van der Waals surface area contributed by atoms with Crippen molar-refractivity contribution in [1.82, 2.24) is 15.5 Å². The molecule has 4 rings (SSSR count). The predicted octanol–water partition coefficient (Wildman–Crippen LogP) is 4.89. The number of anilines is 1. The molecule has 2 heterocycles. The third-order valence-corrected chi connectivity index (χ3v) is 5.77. The fraction of sp³-hybridized carbons (Fsp3) is 0.176. The lowest BCUT2D eigenvalue weighted by Gasteiger charge is -2.20. The van der Waals surface area contributed by atoms with Crippen molar-refractivity contribution in [2.75, 3.05) is 11.3 Å². The molecule has 26 heavy (non-hydrogen) atoms. The Morgan fingerprint density at radius 3 is 3.08 bits per heavy atom. The van der Waals surface area contributed by atoms with E-state index in [4.69, 9.17) is 16.3 Å². The van der Waals surface area contributed by atoms with Crippen LogP contribution in [-0.4, -0.2) is 16.7 Å². The van der Waals surface area contributed by atoms with Crippen LogP contribution in [0.15, 0.2) is 40.7 Å². The van der Waals surface area contributed by atoms with E-state index in [1.54, 1.807) is 11.6 Å². The van der Waals surface area contributed by atoms with Crippen LogP contribution >= 0.6 is 34.9 Å². The first-order valence-corrected chi connectivity index (χ1v) is 9.95. The largest absolute Gasteiger partial charge is 0.455 e. The van der Waals surface area contributed by atoms with Crippen LogP contribution in [0.4, 0.5) is 9.52 Å². The molecule has 0 unspecified atom stereocenters. The van der Waals surface area contributed by atoms with Gasteiger partial charge in [0.15, 0.2) is 0 Å². The monoisotopic (exact) mass is 408 g/mol. The van der Waals surface area contributed by atoms with Crippen molar-refractivity contribution in [1.29, 1.82) is 0 Å². The van der Waals surface area contributed by atoms with E-state index in [1.165, 1.54) is 23.0 Å². The standard InChI is InChI=1S/C17H14ClFN4OS2/c18-12-6-16(26-23-17-22-21-9-25-17)13(19)7-15(12)24-14-3-1-2-10-8-20-5-4-11(10)14/h1-3,6-7,9,20H,4-5,8H2,(H,22,23). The molecule has 2 aromatic carbocycles. The maximum Gasteiger partial charge on any atom is 0.215 e. The highest BCUT2D eigenvalue weighted by atomic mass is 35.5. The highest BCUT2D eigenvalue weighted by molar-refractivity contribution is 8.00. The fourth-order valence-corrected chi connectivity index (χ4v) is 4.14. The van der Waals surface area contributed by atoms with Gasteiger partial charge in [-0.2, -0.15) is 0 Å². The average molecular weight is 409 g/mol. The summed E-state index contributed by atoms with van der Waals surface area (Å²) in [5.74, 6) is 0.604. The van der Waals surface area contributed by atoms with Gasteiger partial charge in [-0.3, -0.25) is 4.72 Å². The molecule has 2 N–H and O–H groups in total. The van der Waals surface area contributed by atoms with Gasteiger partial charge in [-0.25, -0.2) is 4.39 Å². The Morgan fingerprint density at radius 1 is 1.31 bits per heavy atom. The minimum atomic E-state index is -0.419. The van der Waals surface area contributed by atoms with Crippen molar-refractivity contribution in [2.45, 2.75) is 17.9 Å². The second-order valence-electron chi connectivity index (χ2n) is 5.58. The number of aromatic nitrogens is 2. The van der Waals surface area contributed by atoms with Crippen LogP contribution in [0.5, 0.6) is 11.5 Å². The lowest BCUT2D eigenvalue weighted by atomic mass is 10.0. The first kappa shape index (κ1) is 17.5. The number of rotatable bonds is 5. The number of fused-ring (bicyclic) bond motifs is 1. The quantitative estimate of drug-likeness (QED) is 0.586. The lowest BCUT2D eigenvalue weighted by Crippen LogP contribution is -2.23. The SMILES string of the molecule is Fc1cc(Oc2cccc3c2CCNC3)c(Cl)cc1SNc1nncs1. The molecule has 0 radical (unpaired) electrons. The molecule has 0 saturated carbocycles. The zero-order valence-electron chi connectivity index (χ0n) is 13.5. The van der Waals surface area contributed by atoms with Crippen LogP contribution in [0.25, 0.3) is 0 Å². The summed E-state index contributed by atoms with van der Waals surface area (Å²) >= 11 is 8.75. The Bertz CT molecular complexity index is 923. The Labute approximate surface area is 163 Å². The van der Waals surface area contributed by atoms with Gasteiger partial charge in [0.1, 0.15) is 22.8 Å². The third-order valence-electron chi connectivity index (χ3n) is 3.91. The van der Waals surface area contributed by atoms with Gasteiger partial charge in [0.2, 0.25) is 5.13 Å². The van der Waals surface area contributed by atoms with E-state index in [-0.39, 0.29) is 0 Å². The van der Waals surface area contributed by atoms with Crippen molar-refractivity contribution in [2.24, 2.45) is 0 Å². The van der Waals surface area contributed by atoms with Gasteiger partial charge in [-0.15, -0.1) is 10.2 Å². The highest BCUT2D eigenvalue weighted by Gasteiger charge is 2.17. The molecule has 0 amide bonds. The first-order valence-electron chi connectivity index (χ1n) is 7.88. The molecular weight excluding hydrogens is 395 g/mol. The minimum absolute atomic E-state index is 0.302. The maximum absolute atomic E-state index is 14.5. The van der Waals surface area contributed by atoms with Crippen molar-refractivity contribution in [3.63, 3.8) is 0 Å². The Balaban J connectivity index is 1.55. The van der Waals surface area contributed by atoms with Gasteiger partial charge < -0.3 is 10.1 Å². The summed E-state index contributed by atoms with van der Waals surface area (Å²) in [6.07, 6.45) is 0.866. The molecule has 0 atom stereocenters. The molecule has 5 nitrogen and oxygen atoms in total. The molecule has 0 fully saturated rings. The normalized spacial score (nSPS) is 13.3. The summed E-state index contributed by atoms with van der Waals surface area (Å²) in [7, 11) is 0. The van der Waals surface area contributed by atoms with E-state index in [9.17, 15) is 4.39 Å². The van der Waals surface area contributed by atoms with Crippen LogP contribution in [0.3, 0.4) is 0 Å². The maximum atomic E-state index is 14.5. The van der Waals surface area contributed by atoms with Crippen molar-refractivity contribution in [3.8, 4) is 11.5 Å². The summed E-state index contributed by atoms with van der Waals surface area (Å²) < 4.78 is 23.3. The van der Waals surface area contributed by atoms with Gasteiger partial charge in [-0.05, 0) is 42.6 Å². The molecule has 1 aliphatic heterocycles. The van der Waals surface area contributed by atoms with Gasteiger partial charge in [-0.1, -0.05) is 35.1 Å². The lowest BCUT2D eigenvalue weighted by molar-refractivity contribution is 0.463. The summed E-state index contributed by atoms with van der Waals surface area (Å²) in [4.78, 5) is 0.358. The first-order chi connectivity index (χ1) is 12.7. The Hall–Kier alpha value is -1.87. The Morgan fingerprint density at radius 2 is 2.23 bits per heavy atom. The van der Waals surface area contributed by atoms with E-state index in [1.807, 2.05) is 12.1 Å². The summed E-state index contributed by atoms with van der Waals surface area (Å²) in [5, 5.41) is 11.8. The molecule has 0 aliphatic carbocycles. The molecule has 0 bridgehead atoms. The molecule has 9 heteroatoms. The van der Waals surface area contributed by atoms with Crippen LogP contribution < -0.4 is 14.8 Å². The van der Waals surface area contributed by atoms with Crippen molar-refractivity contribution in [3.05, 3.63) is 57.8 Å². The van der Waals surface area contributed by atoms with E-state index >= 15 is 0 Å². The molecular formula is C17H14ClFN4OS2. The molecule has 134 valence electrons. The second kappa shape index (κ2) is 7.79. The van der Waals surface area contributed by atoms with E-state index in [0.717, 1.165) is 42.8 Å². The smallest absolute Gasteiger partial charge is 0.215 e. The van der Waals surface area contributed by atoms with Crippen LogP contribution in [0.1, 0.15) is 11.1 Å². The fourth-order valence-electron chi connectivity index (χ4n) is 2.69. The van der Waals surface area contributed by atoms with Crippen LogP contribution in [-0.2, 0) is 13.0 Å². The van der Waals surface area contributed by atoms with Gasteiger partial charge in [0, 0.05) is 18.2 Å². The molecule has 0 spiro atoms. The second-order valence-corrected chi connectivity index (χ2v) is 7.67. The number of nitrogens with zero attached hydrogens (tertiary/aromatic N) is 2. The molecule has 1 aliphatic rings. The van der Waals surface area contributed by atoms with E-state index in [0.29, 0.717) is 20.8 Å². The summed E-state index contributed by atoms with van der Waals surface area (Å²) in [6.45, 7) is 1.70. The zero-order valence-corrected chi connectivity index (χ0v) is 15.8. The third kappa shape index (κ3) is 3.78. The number of hydrogen-bond donors (Lipinski definition) is 2. The van der Waals surface area contributed by atoms with Gasteiger partial charge >= 0.3 is 0 Å². The zero-order chi connectivity index (χ0) is 17.9. The van der Waals surface area contributed by atoms with Crippen molar-refractivity contribution < 1.29 is 9.13 Å². The van der Waals surface area contributed by atoms with Crippen LogP contribution in [0, 0.1) is 5.82 Å². The number of halogens is 2. The Kier molecular flexibility index (Phi) is 5.26. The van der Waals surface area contributed by atoms with Gasteiger partial charge in [0.25, 0.3) is 0 Å².